The van der Waals surface area contributed by atoms with Gasteiger partial charge < -0.3 is 21.3 Å². The second-order valence-electron chi connectivity index (χ2n) is 11.1. The Morgan fingerprint density at radius 1 is 1.23 bits per heavy atom. The van der Waals surface area contributed by atoms with E-state index in [0.29, 0.717) is 24.5 Å². The van der Waals surface area contributed by atoms with Crippen molar-refractivity contribution in [1.82, 2.24) is 29.6 Å². The van der Waals surface area contributed by atoms with Crippen LogP contribution >= 0.6 is 0 Å². The predicted molar refractivity (Wildman–Crippen MR) is 145 cm³/mol. The molecule has 1 saturated heterocycles. The van der Waals surface area contributed by atoms with Gasteiger partial charge in [-0.3, -0.25) is 4.79 Å². The molecule has 0 spiro atoms. The summed E-state index contributed by atoms with van der Waals surface area (Å²) in [5, 5.41) is 14.4. The number of nitrogens with zero attached hydrogens (tertiary/aromatic N) is 5. The Morgan fingerprint density at radius 3 is 2.58 bits per heavy atom. The number of anilines is 2. The van der Waals surface area contributed by atoms with Gasteiger partial charge in [-0.25, -0.2) is 13.6 Å². The number of aromatic nitrogens is 4. The minimum absolute atomic E-state index is 0.0720. The van der Waals surface area contributed by atoms with Gasteiger partial charge in [0, 0.05) is 18.7 Å². The van der Waals surface area contributed by atoms with Crippen molar-refractivity contribution in [3.05, 3.63) is 40.7 Å². The third-order valence-corrected chi connectivity index (χ3v) is 6.72. The van der Waals surface area contributed by atoms with Crippen LogP contribution in [0.1, 0.15) is 54.5 Å². The molecule has 216 valence electrons. The second-order valence-corrected chi connectivity index (χ2v) is 11.1. The summed E-state index contributed by atoms with van der Waals surface area (Å²) < 4.78 is 58.0. The number of aryl methyl sites for hydroxylation is 1. The van der Waals surface area contributed by atoms with Gasteiger partial charge in [0.1, 0.15) is 29.1 Å². The SMILES string of the molecule is Cc1nn(C(C)(C)C)c(N)c1C(=O)NCC#Cc1nn2c(N[C@@H]3CCN(C)C[C@@H]3F)cccc2c1CC(F)(F)F. The number of fused-ring (bicyclic) bond motifs is 1. The van der Waals surface area contributed by atoms with Crippen molar-refractivity contribution in [2.24, 2.45) is 0 Å². The Bertz CT molecular complexity index is 1460. The summed E-state index contributed by atoms with van der Waals surface area (Å²) >= 11 is 0. The maximum absolute atomic E-state index is 14.6. The van der Waals surface area contributed by atoms with Gasteiger partial charge in [0.25, 0.3) is 5.91 Å². The standard InChI is InChI=1S/C27H34F4N8O/c1-16-23(24(32)39(35-16)26(2,3)4)25(40)33-12-7-8-19-17(14-27(29,30)31)21-9-6-10-22(38(21)36-19)34-20-11-13-37(5)15-18(20)28/h6,9-10,18,20,34H,11-15,32H2,1-5H3,(H,33,40)/t18-,20+/m0/s1. The Balaban J connectivity index is 1.58. The zero-order valence-corrected chi connectivity index (χ0v) is 23.2. The summed E-state index contributed by atoms with van der Waals surface area (Å²) in [6.07, 6.45) is -6.35. The lowest BCUT2D eigenvalue weighted by molar-refractivity contribution is -0.127. The van der Waals surface area contributed by atoms with E-state index >= 15 is 0 Å². The number of alkyl halides is 4. The van der Waals surface area contributed by atoms with Gasteiger partial charge in [0.2, 0.25) is 0 Å². The number of amides is 1. The van der Waals surface area contributed by atoms with Crippen LogP contribution in [0.25, 0.3) is 5.52 Å². The molecule has 3 aromatic heterocycles. The highest BCUT2D eigenvalue weighted by Gasteiger charge is 2.32. The van der Waals surface area contributed by atoms with Gasteiger partial charge >= 0.3 is 6.18 Å². The smallest absolute Gasteiger partial charge is 0.383 e. The van der Waals surface area contributed by atoms with E-state index in [-0.39, 0.29) is 41.2 Å². The molecule has 4 N–H and O–H groups in total. The maximum atomic E-state index is 14.6. The number of rotatable bonds is 5. The molecule has 40 heavy (non-hydrogen) atoms. The molecule has 0 radical (unpaired) electrons. The highest BCUT2D eigenvalue weighted by molar-refractivity contribution is 5.99. The Kier molecular flexibility index (Phi) is 8.03. The first kappa shape index (κ1) is 29.2. The van der Waals surface area contributed by atoms with E-state index < -0.39 is 36.3 Å². The summed E-state index contributed by atoms with van der Waals surface area (Å²) in [5.41, 5.74) is 6.45. The minimum atomic E-state index is -4.50. The van der Waals surface area contributed by atoms with E-state index in [1.807, 2.05) is 32.7 Å². The lowest BCUT2D eigenvalue weighted by Gasteiger charge is -2.33. The van der Waals surface area contributed by atoms with Crippen LogP contribution in [0.5, 0.6) is 0 Å². The molecule has 1 fully saturated rings. The summed E-state index contributed by atoms with van der Waals surface area (Å²) in [5.74, 6) is 5.48. The van der Waals surface area contributed by atoms with Gasteiger partial charge in [0.15, 0.2) is 0 Å². The fourth-order valence-corrected chi connectivity index (χ4v) is 4.79. The Morgan fingerprint density at radius 2 is 1.95 bits per heavy atom. The van der Waals surface area contributed by atoms with E-state index in [0.717, 1.165) is 0 Å². The fourth-order valence-electron chi connectivity index (χ4n) is 4.79. The van der Waals surface area contributed by atoms with E-state index in [9.17, 15) is 22.4 Å². The number of piperidine rings is 1. The molecule has 0 aliphatic carbocycles. The van der Waals surface area contributed by atoms with Crippen LogP contribution in [0, 0.1) is 18.8 Å². The molecule has 2 atom stereocenters. The summed E-state index contributed by atoms with van der Waals surface area (Å²) in [6.45, 7) is 8.18. The van der Waals surface area contributed by atoms with Gasteiger partial charge in [-0.15, -0.1) is 0 Å². The van der Waals surface area contributed by atoms with E-state index in [1.165, 1.54) is 10.6 Å². The van der Waals surface area contributed by atoms with Crippen molar-refractivity contribution in [2.75, 3.05) is 37.7 Å². The molecule has 9 nitrogen and oxygen atoms in total. The van der Waals surface area contributed by atoms with Crippen molar-refractivity contribution < 1.29 is 22.4 Å². The fraction of sp³-hybridized carbons (Fsp3) is 0.519. The van der Waals surface area contributed by atoms with Gasteiger partial charge in [-0.1, -0.05) is 12.0 Å². The zero-order valence-electron chi connectivity index (χ0n) is 23.2. The molecule has 4 heterocycles. The highest BCUT2D eigenvalue weighted by Crippen LogP contribution is 2.29. The molecule has 4 rings (SSSR count). The molecule has 1 amide bonds. The number of halogens is 4. The summed E-state index contributed by atoms with van der Waals surface area (Å²) in [4.78, 5) is 14.7. The van der Waals surface area contributed by atoms with Crippen LogP contribution < -0.4 is 16.4 Å². The van der Waals surface area contributed by atoms with Crippen molar-refractivity contribution in [2.45, 2.75) is 64.5 Å². The number of pyridine rings is 1. The Labute approximate surface area is 230 Å². The molecule has 0 bridgehead atoms. The van der Waals surface area contributed by atoms with Crippen LogP contribution in [0.15, 0.2) is 18.2 Å². The molecule has 0 aromatic carbocycles. The molecular formula is C27H34F4N8O. The van der Waals surface area contributed by atoms with Crippen LogP contribution in [0.4, 0.5) is 29.2 Å². The summed E-state index contributed by atoms with van der Waals surface area (Å²) in [6, 6.07) is 4.26. The quantitative estimate of drug-likeness (QED) is 0.325. The number of carbonyl (C=O) groups is 1. The Hall–Kier alpha value is -3.79. The molecule has 1 aliphatic heterocycles. The second kappa shape index (κ2) is 11.0. The van der Waals surface area contributed by atoms with Crippen molar-refractivity contribution in [3.63, 3.8) is 0 Å². The maximum Gasteiger partial charge on any atom is 0.393 e. The van der Waals surface area contributed by atoms with Crippen molar-refractivity contribution >= 4 is 23.1 Å². The van der Waals surface area contributed by atoms with Gasteiger partial charge in [-0.05, 0) is 59.2 Å². The first-order chi connectivity index (χ1) is 18.7. The first-order valence-corrected chi connectivity index (χ1v) is 12.9. The first-order valence-electron chi connectivity index (χ1n) is 12.9. The van der Waals surface area contributed by atoms with Crippen LogP contribution in [-0.2, 0) is 12.0 Å². The van der Waals surface area contributed by atoms with E-state index in [4.69, 9.17) is 5.73 Å². The lowest BCUT2D eigenvalue weighted by Crippen LogP contribution is -2.46. The average molecular weight is 563 g/mol. The van der Waals surface area contributed by atoms with Gasteiger partial charge in [0.05, 0.1) is 35.8 Å². The van der Waals surface area contributed by atoms with Crippen LogP contribution in [0.3, 0.4) is 0 Å². The molecule has 1 aliphatic rings. The number of likely N-dealkylation sites (tertiary alicyclic amines) is 1. The predicted octanol–water partition coefficient (Wildman–Crippen LogP) is 3.52. The number of nitrogen functional groups attached to an aromatic ring is 1. The van der Waals surface area contributed by atoms with E-state index in [2.05, 4.69) is 32.7 Å². The summed E-state index contributed by atoms with van der Waals surface area (Å²) in [7, 11) is 1.84. The van der Waals surface area contributed by atoms with E-state index in [1.54, 1.807) is 23.7 Å². The molecule has 0 saturated carbocycles. The molecule has 13 heteroatoms. The third-order valence-electron chi connectivity index (χ3n) is 6.72. The molecule has 3 aromatic rings. The number of nitrogens with one attached hydrogen (secondary N) is 2. The van der Waals surface area contributed by atoms with Crippen LogP contribution in [-0.4, -0.2) is 75.3 Å². The van der Waals surface area contributed by atoms with Crippen LogP contribution in [0.2, 0.25) is 0 Å². The zero-order chi connectivity index (χ0) is 29.4. The van der Waals surface area contributed by atoms with Crippen molar-refractivity contribution in [3.8, 4) is 11.8 Å². The third kappa shape index (κ3) is 6.33. The number of hydrogen-bond acceptors (Lipinski definition) is 6. The number of nitrogens with two attached hydrogens (primary N) is 1. The van der Waals surface area contributed by atoms with Gasteiger partial charge in [-0.2, -0.15) is 23.4 Å². The lowest BCUT2D eigenvalue weighted by atomic mass is 10.0. The molecular weight excluding hydrogens is 528 g/mol. The normalized spacial score (nSPS) is 18.4. The van der Waals surface area contributed by atoms with Crippen molar-refractivity contribution in [1.29, 1.82) is 0 Å². The number of hydrogen-bond donors (Lipinski definition) is 3. The topological polar surface area (TPSA) is 106 Å². The molecule has 0 unspecified atom stereocenters. The largest absolute Gasteiger partial charge is 0.393 e. The number of carbonyl (C=O) groups excluding carboxylic acids is 1. The average Bonchev–Trinajstić information content (AvgIpc) is 3.34. The minimum Gasteiger partial charge on any atom is -0.383 e. The monoisotopic (exact) mass is 562 g/mol. The highest BCUT2D eigenvalue weighted by atomic mass is 19.4.